The summed E-state index contributed by atoms with van der Waals surface area (Å²) in [6.45, 7) is 2.09. The maximum atomic E-state index is 6.53. The van der Waals surface area contributed by atoms with Crippen molar-refractivity contribution in [2.24, 2.45) is 0 Å². The van der Waals surface area contributed by atoms with Crippen LogP contribution >= 0.6 is 11.6 Å². The van der Waals surface area contributed by atoms with Gasteiger partial charge in [0.2, 0.25) is 0 Å². The van der Waals surface area contributed by atoms with Gasteiger partial charge in [0.15, 0.2) is 0 Å². The van der Waals surface area contributed by atoms with Crippen LogP contribution in [0.3, 0.4) is 0 Å². The highest BCUT2D eigenvalue weighted by molar-refractivity contribution is 6.22. The van der Waals surface area contributed by atoms with Crippen molar-refractivity contribution in [2.45, 2.75) is 24.8 Å². The van der Waals surface area contributed by atoms with Gasteiger partial charge in [-0.15, -0.1) is 11.6 Å². The van der Waals surface area contributed by atoms with E-state index in [1.165, 1.54) is 5.56 Å². The van der Waals surface area contributed by atoms with E-state index in [9.17, 15) is 0 Å². The number of rotatable bonds is 2. The molecule has 0 aromatic heterocycles. The highest BCUT2D eigenvalue weighted by atomic mass is 35.5. The van der Waals surface area contributed by atoms with E-state index in [2.05, 4.69) is 31.2 Å². The van der Waals surface area contributed by atoms with Crippen molar-refractivity contribution in [2.75, 3.05) is 0 Å². The van der Waals surface area contributed by atoms with Crippen molar-refractivity contribution in [1.29, 1.82) is 0 Å². The lowest BCUT2D eigenvalue weighted by atomic mass is 10.0. The normalized spacial score (nSPS) is 19.1. The minimum atomic E-state index is -0.0904. The first-order valence-corrected chi connectivity index (χ1v) is 6.66. The van der Waals surface area contributed by atoms with Crippen LogP contribution in [0.2, 0.25) is 0 Å². The largest absolute Gasteiger partial charge is 0.490 e. The molecule has 2 aromatic carbocycles. The molecule has 0 amide bonds. The summed E-state index contributed by atoms with van der Waals surface area (Å²) >= 11 is 6.53. The Bertz CT molecular complexity index is 550. The Labute approximate surface area is 112 Å². The number of ether oxygens (including phenoxy) is 1. The smallest absolute Gasteiger partial charge is 0.123 e. The molecular formula is C16H15ClO. The van der Waals surface area contributed by atoms with E-state index in [1.807, 2.05) is 24.3 Å². The molecule has 92 valence electrons. The maximum Gasteiger partial charge on any atom is 0.123 e. The summed E-state index contributed by atoms with van der Waals surface area (Å²) < 4.78 is 5.70. The quantitative estimate of drug-likeness (QED) is 0.728. The molecule has 0 radical (unpaired) electrons. The van der Waals surface area contributed by atoms with E-state index in [4.69, 9.17) is 16.3 Å². The third-order valence-corrected chi connectivity index (χ3v) is 3.81. The van der Waals surface area contributed by atoms with Crippen molar-refractivity contribution in [3.63, 3.8) is 0 Å². The molecule has 3 rings (SSSR count). The molecule has 18 heavy (non-hydrogen) atoms. The second-order valence-electron chi connectivity index (χ2n) is 4.77. The van der Waals surface area contributed by atoms with Gasteiger partial charge in [-0.2, -0.15) is 0 Å². The fraction of sp³-hybridized carbons (Fsp3) is 0.250. The lowest BCUT2D eigenvalue weighted by Crippen LogP contribution is -2.05. The Hall–Kier alpha value is -1.47. The minimum Gasteiger partial charge on any atom is -0.490 e. The van der Waals surface area contributed by atoms with Crippen molar-refractivity contribution in [3.8, 4) is 5.75 Å². The molecule has 1 heterocycles. The van der Waals surface area contributed by atoms with Crippen LogP contribution in [-0.4, -0.2) is 6.10 Å². The van der Waals surface area contributed by atoms with Crippen LogP contribution in [0.4, 0.5) is 0 Å². The Morgan fingerprint density at radius 1 is 1.11 bits per heavy atom. The van der Waals surface area contributed by atoms with Crippen molar-refractivity contribution >= 4 is 11.6 Å². The first-order chi connectivity index (χ1) is 8.74. The molecule has 1 nitrogen and oxygen atoms in total. The van der Waals surface area contributed by atoms with Crippen LogP contribution in [0.15, 0.2) is 48.5 Å². The maximum absolute atomic E-state index is 6.53. The van der Waals surface area contributed by atoms with Crippen molar-refractivity contribution in [1.82, 2.24) is 0 Å². The van der Waals surface area contributed by atoms with E-state index in [1.54, 1.807) is 0 Å². The van der Waals surface area contributed by atoms with Gasteiger partial charge in [-0.25, -0.2) is 0 Å². The summed E-state index contributed by atoms with van der Waals surface area (Å²) in [6, 6.07) is 16.4. The molecule has 2 atom stereocenters. The lowest BCUT2D eigenvalue weighted by Gasteiger charge is -2.11. The van der Waals surface area contributed by atoms with Crippen LogP contribution in [-0.2, 0) is 6.42 Å². The average Bonchev–Trinajstić information content (AvgIpc) is 2.78. The Morgan fingerprint density at radius 3 is 2.67 bits per heavy atom. The van der Waals surface area contributed by atoms with Crippen molar-refractivity contribution in [3.05, 3.63) is 65.2 Å². The van der Waals surface area contributed by atoms with Gasteiger partial charge >= 0.3 is 0 Å². The first kappa shape index (κ1) is 11.6. The van der Waals surface area contributed by atoms with Gasteiger partial charge in [0, 0.05) is 6.42 Å². The highest BCUT2D eigenvalue weighted by Gasteiger charge is 2.20. The summed E-state index contributed by atoms with van der Waals surface area (Å²) in [7, 11) is 0. The monoisotopic (exact) mass is 258 g/mol. The van der Waals surface area contributed by atoms with Crippen LogP contribution < -0.4 is 4.74 Å². The molecule has 0 saturated heterocycles. The second-order valence-corrected chi connectivity index (χ2v) is 5.21. The summed E-state index contributed by atoms with van der Waals surface area (Å²) in [5.41, 5.74) is 3.53. The molecule has 0 fully saturated rings. The zero-order valence-electron chi connectivity index (χ0n) is 10.3. The summed E-state index contributed by atoms with van der Waals surface area (Å²) in [4.78, 5) is 0. The number of alkyl halides is 1. The molecule has 2 heteroatoms. The molecular weight excluding hydrogens is 244 g/mol. The number of fused-ring (bicyclic) bond motifs is 1. The highest BCUT2D eigenvalue weighted by Crippen LogP contribution is 2.35. The fourth-order valence-electron chi connectivity index (χ4n) is 2.41. The summed E-state index contributed by atoms with van der Waals surface area (Å²) in [5, 5.41) is -0.0904. The minimum absolute atomic E-state index is 0.0904. The van der Waals surface area contributed by atoms with Gasteiger partial charge in [0.25, 0.3) is 0 Å². The van der Waals surface area contributed by atoms with E-state index >= 15 is 0 Å². The van der Waals surface area contributed by atoms with Crippen LogP contribution in [0, 0.1) is 0 Å². The third kappa shape index (κ3) is 2.11. The van der Waals surface area contributed by atoms with Gasteiger partial charge < -0.3 is 4.74 Å². The van der Waals surface area contributed by atoms with Gasteiger partial charge in [-0.05, 0) is 29.7 Å². The standard InChI is InChI=1S/C16H15ClO/c1-11-9-14-10-13(7-8-15(14)18-11)16(17)12-5-3-2-4-6-12/h2-8,10-11,16H,9H2,1H3. The first-order valence-electron chi connectivity index (χ1n) is 6.22. The number of benzene rings is 2. The lowest BCUT2D eigenvalue weighted by molar-refractivity contribution is 0.254. The van der Waals surface area contributed by atoms with E-state index < -0.39 is 0 Å². The van der Waals surface area contributed by atoms with Crippen LogP contribution in [0.1, 0.15) is 29.0 Å². The number of hydrogen-bond donors (Lipinski definition) is 0. The third-order valence-electron chi connectivity index (χ3n) is 3.30. The van der Waals surface area contributed by atoms with Gasteiger partial charge in [0.05, 0.1) is 5.38 Å². The predicted octanol–water partition coefficient (Wildman–Crippen LogP) is 4.34. The average molecular weight is 259 g/mol. The van der Waals surface area contributed by atoms with Crippen LogP contribution in [0.5, 0.6) is 5.75 Å². The molecule has 0 aliphatic carbocycles. The molecule has 0 N–H and O–H groups in total. The molecule has 2 aromatic rings. The van der Waals surface area contributed by atoms with Gasteiger partial charge in [-0.1, -0.05) is 42.5 Å². The zero-order chi connectivity index (χ0) is 12.5. The zero-order valence-corrected chi connectivity index (χ0v) is 11.0. The molecule has 0 saturated carbocycles. The molecule has 2 unspecified atom stereocenters. The van der Waals surface area contributed by atoms with Gasteiger partial charge in [0.1, 0.15) is 11.9 Å². The number of halogens is 1. The summed E-state index contributed by atoms with van der Waals surface area (Å²) in [5.74, 6) is 1.00. The van der Waals surface area contributed by atoms with E-state index in [0.29, 0.717) is 0 Å². The van der Waals surface area contributed by atoms with Gasteiger partial charge in [-0.3, -0.25) is 0 Å². The van der Waals surface area contributed by atoms with E-state index in [-0.39, 0.29) is 11.5 Å². The molecule has 0 spiro atoms. The summed E-state index contributed by atoms with van der Waals surface area (Å²) in [6.07, 6.45) is 1.25. The molecule has 0 bridgehead atoms. The molecule has 1 aliphatic rings. The van der Waals surface area contributed by atoms with Crippen LogP contribution in [0.25, 0.3) is 0 Å². The van der Waals surface area contributed by atoms with E-state index in [0.717, 1.165) is 23.3 Å². The Kier molecular flexibility index (Phi) is 3.00. The van der Waals surface area contributed by atoms with Crippen molar-refractivity contribution < 1.29 is 4.74 Å². The Morgan fingerprint density at radius 2 is 1.89 bits per heavy atom. The molecule has 1 aliphatic heterocycles. The number of hydrogen-bond acceptors (Lipinski definition) is 1. The fourth-order valence-corrected chi connectivity index (χ4v) is 2.70. The predicted molar refractivity (Wildman–Crippen MR) is 74.4 cm³/mol. The topological polar surface area (TPSA) is 9.23 Å². The SMILES string of the molecule is CC1Cc2cc(C(Cl)c3ccccc3)ccc2O1. The Balaban J connectivity index is 1.92. The second kappa shape index (κ2) is 4.66.